The monoisotopic (exact) mass is 252 g/mol. The van der Waals surface area contributed by atoms with Crippen molar-refractivity contribution in [2.75, 3.05) is 19.6 Å². The van der Waals surface area contributed by atoms with Gasteiger partial charge in [0.2, 0.25) is 5.91 Å². The Labute approximate surface area is 111 Å². The molecule has 3 unspecified atom stereocenters. The van der Waals surface area contributed by atoms with E-state index in [1.165, 1.54) is 25.7 Å². The first-order chi connectivity index (χ1) is 8.72. The highest BCUT2D eigenvalue weighted by atomic mass is 16.2. The van der Waals surface area contributed by atoms with Gasteiger partial charge in [-0.15, -0.1) is 0 Å². The predicted octanol–water partition coefficient (Wildman–Crippen LogP) is 2.41. The molecule has 1 N–H and O–H groups in total. The van der Waals surface area contributed by atoms with Crippen LogP contribution < -0.4 is 5.32 Å². The fourth-order valence-electron chi connectivity index (χ4n) is 3.49. The summed E-state index contributed by atoms with van der Waals surface area (Å²) in [5.41, 5.74) is 0. The van der Waals surface area contributed by atoms with E-state index < -0.39 is 0 Å². The molecule has 1 aliphatic heterocycles. The minimum absolute atomic E-state index is 0.304. The minimum Gasteiger partial charge on any atom is -0.341 e. The van der Waals surface area contributed by atoms with Crippen LogP contribution in [-0.2, 0) is 4.79 Å². The summed E-state index contributed by atoms with van der Waals surface area (Å²) in [6, 6.07) is 0.539. The van der Waals surface area contributed by atoms with Crippen molar-refractivity contribution in [2.45, 2.75) is 58.4 Å². The van der Waals surface area contributed by atoms with E-state index in [9.17, 15) is 4.79 Å². The Morgan fingerprint density at radius 3 is 2.67 bits per heavy atom. The molecule has 2 fully saturated rings. The van der Waals surface area contributed by atoms with Gasteiger partial charge in [0.1, 0.15) is 0 Å². The van der Waals surface area contributed by atoms with Crippen molar-refractivity contribution in [2.24, 2.45) is 11.8 Å². The molecule has 1 saturated heterocycles. The Hall–Kier alpha value is -0.570. The standard InChI is InChI=1S/C15H28N2O/c1-3-10-17(11-13-7-5-9-16-13)15(18)14-8-4-6-12(14)2/h12-14,16H,3-11H2,1-2H3. The number of nitrogens with one attached hydrogen (secondary N) is 1. The second-order valence-corrected chi connectivity index (χ2v) is 6.09. The zero-order valence-electron chi connectivity index (χ0n) is 12.0. The van der Waals surface area contributed by atoms with Gasteiger partial charge in [-0.2, -0.15) is 0 Å². The van der Waals surface area contributed by atoms with Gasteiger partial charge in [0.25, 0.3) is 0 Å². The second-order valence-electron chi connectivity index (χ2n) is 6.09. The molecule has 1 amide bonds. The van der Waals surface area contributed by atoms with Crippen LogP contribution in [0.15, 0.2) is 0 Å². The van der Waals surface area contributed by atoms with Crippen molar-refractivity contribution < 1.29 is 4.79 Å². The van der Waals surface area contributed by atoms with Gasteiger partial charge in [-0.05, 0) is 44.6 Å². The number of hydrogen-bond donors (Lipinski definition) is 1. The quantitative estimate of drug-likeness (QED) is 0.815. The summed E-state index contributed by atoms with van der Waals surface area (Å²) < 4.78 is 0. The van der Waals surface area contributed by atoms with E-state index in [-0.39, 0.29) is 0 Å². The zero-order chi connectivity index (χ0) is 13.0. The van der Waals surface area contributed by atoms with E-state index in [4.69, 9.17) is 0 Å². The first-order valence-electron chi connectivity index (χ1n) is 7.74. The maximum Gasteiger partial charge on any atom is 0.226 e. The summed E-state index contributed by atoms with van der Waals surface area (Å²) in [7, 11) is 0. The molecule has 3 atom stereocenters. The molecular weight excluding hydrogens is 224 g/mol. The lowest BCUT2D eigenvalue weighted by molar-refractivity contribution is -0.136. The van der Waals surface area contributed by atoms with E-state index in [2.05, 4.69) is 24.1 Å². The predicted molar refractivity (Wildman–Crippen MR) is 74.4 cm³/mol. The van der Waals surface area contributed by atoms with Gasteiger partial charge >= 0.3 is 0 Å². The molecule has 1 aliphatic carbocycles. The van der Waals surface area contributed by atoms with Crippen LogP contribution in [-0.4, -0.2) is 36.5 Å². The molecular formula is C15H28N2O. The third-order valence-corrected chi connectivity index (χ3v) is 4.59. The summed E-state index contributed by atoms with van der Waals surface area (Å²) in [6.45, 7) is 7.39. The largest absolute Gasteiger partial charge is 0.341 e. The van der Waals surface area contributed by atoms with Gasteiger partial charge in [0.05, 0.1) is 0 Å². The highest BCUT2D eigenvalue weighted by Gasteiger charge is 2.33. The lowest BCUT2D eigenvalue weighted by atomic mass is 9.96. The molecule has 0 spiro atoms. The Bertz CT molecular complexity index is 274. The van der Waals surface area contributed by atoms with Crippen molar-refractivity contribution in [3.63, 3.8) is 0 Å². The van der Waals surface area contributed by atoms with Gasteiger partial charge in [-0.25, -0.2) is 0 Å². The normalized spacial score (nSPS) is 31.8. The molecule has 2 rings (SSSR count). The first-order valence-corrected chi connectivity index (χ1v) is 7.74. The molecule has 0 radical (unpaired) electrons. The molecule has 0 aromatic rings. The number of hydrogen-bond acceptors (Lipinski definition) is 2. The summed E-state index contributed by atoms with van der Waals surface area (Å²) in [6.07, 6.45) is 7.14. The first kappa shape index (κ1) is 13.9. The van der Waals surface area contributed by atoms with E-state index in [1.54, 1.807) is 0 Å². The Morgan fingerprint density at radius 2 is 2.11 bits per heavy atom. The molecule has 2 aliphatic rings. The van der Waals surface area contributed by atoms with Crippen molar-refractivity contribution in [1.29, 1.82) is 0 Å². The third kappa shape index (κ3) is 3.25. The zero-order valence-corrected chi connectivity index (χ0v) is 12.0. The van der Waals surface area contributed by atoms with Gasteiger partial charge in [0, 0.05) is 25.0 Å². The summed E-state index contributed by atoms with van der Waals surface area (Å²) in [5.74, 6) is 1.32. The van der Waals surface area contributed by atoms with E-state index in [1.807, 2.05) is 0 Å². The van der Waals surface area contributed by atoms with Crippen molar-refractivity contribution in [3.8, 4) is 0 Å². The number of nitrogens with zero attached hydrogens (tertiary/aromatic N) is 1. The summed E-state index contributed by atoms with van der Waals surface area (Å²) >= 11 is 0. The molecule has 1 saturated carbocycles. The van der Waals surface area contributed by atoms with Crippen LogP contribution in [0.3, 0.4) is 0 Å². The van der Waals surface area contributed by atoms with Crippen molar-refractivity contribution in [1.82, 2.24) is 10.2 Å². The number of carbonyl (C=O) groups is 1. The number of rotatable bonds is 5. The van der Waals surface area contributed by atoms with E-state index >= 15 is 0 Å². The van der Waals surface area contributed by atoms with Gasteiger partial charge < -0.3 is 10.2 Å². The lowest BCUT2D eigenvalue weighted by Gasteiger charge is -2.29. The van der Waals surface area contributed by atoms with Crippen LogP contribution in [0.4, 0.5) is 0 Å². The van der Waals surface area contributed by atoms with Crippen LogP contribution in [0, 0.1) is 11.8 Å². The molecule has 18 heavy (non-hydrogen) atoms. The average Bonchev–Trinajstić information content (AvgIpc) is 2.99. The fraction of sp³-hybridized carbons (Fsp3) is 0.933. The molecule has 3 nitrogen and oxygen atoms in total. The SMILES string of the molecule is CCCN(CC1CCCN1)C(=O)C1CCCC1C. The van der Waals surface area contributed by atoms with Crippen molar-refractivity contribution in [3.05, 3.63) is 0 Å². The number of carbonyl (C=O) groups excluding carboxylic acids is 1. The van der Waals surface area contributed by atoms with Gasteiger partial charge in [-0.1, -0.05) is 20.3 Å². The molecule has 0 bridgehead atoms. The van der Waals surface area contributed by atoms with Crippen LogP contribution >= 0.6 is 0 Å². The summed E-state index contributed by atoms with van der Waals surface area (Å²) in [5, 5.41) is 3.51. The molecule has 0 aromatic carbocycles. The van der Waals surface area contributed by atoms with E-state index in [0.717, 1.165) is 32.5 Å². The Morgan fingerprint density at radius 1 is 1.28 bits per heavy atom. The van der Waals surface area contributed by atoms with Gasteiger partial charge in [0.15, 0.2) is 0 Å². The maximum atomic E-state index is 12.6. The molecule has 1 heterocycles. The fourth-order valence-corrected chi connectivity index (χ4v) is 3.49. The molecule has 0 aromatic heterocycles. The van der Waals surface area contributed by atoms with Gasteiger partial charge in [-0.3, -0.25) is 4.79 Å². The van der Waals surface area contributed by atoms with Crippen molar-refractivity contribution >= 4 is 5.91 Å². The third-order valence-electron chi connectivity index (χ3n) is 4.59. The second kappa shape index (κ2) is 6.55. The summed E-state index contributed by atoms with van der Waals surface area (Å²) in [4.78, 5) is 14.8. The maximum absolute atomic E-state index is 12.6. The van der Waals surface area contributed by atoms with E-state index in [0.29, 0.717) is 23.8 Å². The lowest BCUT2D eigenvalue weighted by Crippen LogP contribution is -2.44. The highest BCUT2D eigenvalue weighted by molar-refractivity contribution is 5.79. The Balaban J connectivity index is 1.92. The minimum atomic E-state index is 0.304. The average molecular weight is 252 g/mol. The van der Waals surface area contributed by atoms with Crippen LogP contribution in [0.5, 0.6) is 0 Å². The topological polar surface area (TPSA) is 32.3 Å². The van der Waals surface area contributed by atoms with Crippen LogP contribution in [0.1, 0.15) is 52.4 Å². The molecule has 3 heteroatoms. The van der Waals surface area contributed by atoms with Crippen LogP contribution in [0.2, 0.25) is 0 Å². The Kier molecular flexibility index (Phi) is 5.04. The van der Waals surface area contributed by atoms with Crippen LogP contribution in [0.25, 0.3) is 0 Å². The molecule has 104 valence electrons. The number of amides is 1. The highest BCUT2D eigenvalue weighted by Crippen LogP contribution is 2.32. The smallest absolute Gasteiger partial charge is 0.226 e.